The van der Waals surface area contributed by atoms with E-state index in [1.807, 2.05) is 12.1 Å². The Bertz CT molecular complexity index is 1240. The molecule has 0 atom stereocenters. The molecular formula is C30H32O2Si. The first-order valence-electron chi connectivity index (χ1n) is 11.5. The molecular weight excluding hydrogens is 420 g/mol. The molecule has 0 spiro atoms. The summed E-state index contributed by atoms with van der Waals surface area (Å²) >= 11 is 0. The highest BCUT2D eigenvalue weighted by Crippen LogP contribution is 2.42. The number of carboxylic acids is 1. The van der Waals surface area contributed by atoms with Crippen molar-refractivity contribution in [3.05, 3.63) is 112 Å². The van der Waals surface area contributed by atoms with E-state index in [0.29, 0.717) is 5.56 Å². The zero-order valence-electron chi connectivity index (χ0n) is 20.1. The highest BCUT2D eigenvalue weighted by atomic mass is 28.3. The summed E-state index contributed by atoms with van der Waals surface area (Å²) in [5.74, 6) is -0.891. The fraction of sp³-hybridized carbons (Fsp3) is 0.233. The van der Waals surface area contributed by atoms with Crippen LogP contribution in [-0.2, 0) is 5.41 Å². The zero-order valence-corrected chi connectivity index (χ0v) is 21.1. The van der Waals surface area contributed by atoms with Gasteiger partial charge in [0.25, 0.3) is 0 Å². The predicted octanol–water partition coefficient (Wildman–Crippen LogP) is 7.92. The predicted molar refractivity (Wildman–Crippen MR) is 142 cm³/mol. The molecule has 3 aromatic carbocycles. The van der Waals surface area contributed by atoms with Crippen molar-refractivity contribution in [1.82, 2.24) is 0 Å². The molecule has 2 nitrogen and oxygen atoms in total. The van der Waals surface area contributed by atoms with Crippen molar-refractivity contribution >= 4 is 30.9 Å². The number of carboxylic acid groups (broad SMARTS) is 1. The van der Waals surface area contributed by atoms with Crippen molar-refractivity contribution in [2.75, 3.05) is 0 Å². The standard InChI is InChI=1S/C30H32O2Si/c1-30(2)18-17-25(22-9-7-6-8-10-22)26-19-21(11-16-27(26)30)20-28(33(3,4)5)23-12-14-24(15-13-23)29(31)32/h6-17,19-20H,18H2,1-5H3,(H,31,32)/b28-20-. The minimum atomic E-state index is -1.70. The van der Waals surface area contributed by atoms with Crippen LogP contribution in [0.4, 0.5) is 0 Å². The van der Waals surface area contributed by atoms with Crippen LogP contribution < -0.4 is 0 Å². The summed E-state index contributed by atoms with van der Waals surface area (Å²) in [6.45, 7) is 11.6. The van der Waals surface area contributed by atoms with E-state index in [1.165, 1.54) is 33.0 Å². The molecule has 0 fully saturated rings. The van der Waals surface area contributed by atoms with Gasteiger partial charge in [-0.1, -0.05) is 105 Å². The molecule has 3 aromatic rings. The van der Waals surface area contributed by atoms with Crippen molar-refractivity contribution in [2.45, 2.75) is 45.3 Å². The minimum Gasteiger partial charge on any atom is -0.478 e. The zero-order chi connectivity index (χ0) is 23.8. The van der Waals surface area contributed by atoms with E-state index in [0.717, 1.165) is 12.0 Å². The summed E-state index contributed by atoms with van der Waals surface area (Å²) in [4.78, 5) is 11.3. The van der Waals surface area contributed by atoms with Crippen LogP contribution in [-0.4, -0.2) is 19.1 Å². The lowest BCUT2D eigenvalue weighted by Gasteiger charge is -2.32. The number of fused-ring (bicyclic) bond motifs is 1. The Morgan fingerprint density at radius 2 is 1.55 bits per heavy atom. The number of aromatic carboxylic acids is 1. The molecule has 0 aliphatic heterocycles. The third kappa shape index (κ3) is 4.79. The molecule has 0 radical (unpaired) electrons. The van der Waals surface area contributed by atoms with E-state index in [9.17, 15) is 9.90 Å². The Morgan fingerprint density at radius 1 is 0.909 bits per heavy atom. The van der Waals surface area contributed by atoms with Crippen LogP contribution in [0.3, 0.4) is 0 Å². The molecule has 4 rings (SSSR count). The summed E-state index contributed by atoms with van der Waals surface area (Å²) in [7, 11) is -1.70. The van der Waals surface area contributed by atoms with Gasteiger partial charge in [-0.15, -0.1) is 0 Å². The normalized spacial score (nSPS) is 15.5. The Balaban J connectivity index is 1.83. The Hall–Kier alpha value is -3.17. The molecule has 0 heterocycles. The van der Waals surface area contributed by atoms with Gasteiger partial charge < -0.3 is 5.11 Å². The topological polar surface area (TPSA) is 37.3 Å². The van der Waals surface area contributed by atoms with Gasteiger partial charge in [-0.05, 0) is 63.4 Å². The van der Waals surface area contributed by atoms with Crippen LogP contribution in [0.15, 0.2) is 78.9 Å². The third-order valence-electron chi connectivity index (χ3n) is 6.53. The molecule has 0 saturated carbocycles. The van der Waals surface area contributed by atoms with Gasteiger partial charge in [0.05, 0.1) is 13.6 Å². The van der Waals surface area contributed by atoms with Crippen LogP contribution >= 0.6 is 0 Å². The van der Waals surface area contributed by atoms with Gasteiger partial charge in [0, 0.05) is 0 Å². The first-order valence-corrected chi connectivity index (χ1v) is 15.0. The van der Waals surface area contributed by atoms with Crippen LogP contribution in [0.5, 0.6) is 0 Å². The van der Waals surface area contributed by atoms with Crippen molar-refractivity contribution in [2.24, 2.45) is 0 Å². The van der Waals surface area contributed by atoms with Crippen molar-refractivity contribution < 1.29 is 9.90 Å². The molecule has 0 aromatic heterocycles. The van der Waals surface area contributed by atoms with Gasteiger partial charge in [0.1, 0.15) is 0 Å². The van der Waals surface area contributed by atoms with E-state index in [4.69, 9.17) is 0 Å². The number of carbonyl (C=O) groups is 1. The summed E-state index contributed by atoms with van der Waals surface area (Å²) in [5.41, 5.74) is 7.98. The van der Waals surface area contributed by atoms with Crippen LogP contribution in [0.1, 0.15) is 58.4 Å². The highest BCUT2D eigenvalue weighted by molar-refractivity contribution is 6.94. The van der Waals surface area contributed by atoms with Gasteiger partial charge in [-0.3, -0.25) is 0 Å². The van der Waals surface area contributed by atoms with E-state index >= 15 is 0 Å². The van der Waals surface area contributed by atoms with Gasteiger partial charge >= 0.3 is 5.97 Å². The summed E-state index contributed by atoms with van der Waals surface area (Å²) < 4.78 is 0. The molecule has 1 aliphatic rings. The highest BCUT2D eigenvalue weighted by Gasteiger charge is 2.29. The molecule has 1 aliphatic carbocycles. The maximum atomic E-state index is 11.3. The lowest BCUT2D eigenvalue weighted by atomic mass is 9.72. The lowest BCUT2D eigenvalue weighted by molar-refractivity contribution is 0.0697. The van der Waals surface area contributed by atoms with Gasteiger partial charge in [0.15, 0.2) is 0 Å². The monoisotopic (exact) mass is 452 g/mol. The molecule has 33 heavy (non-hydrogen) atoms. The van der Waals surface area contributed by atoms with E-state index in [1.54, 1.807) is 12.1 Å². The first-order chi connectivity index (χ1) is 15.6. The fourth-order valence-electron chi connectivity index (χ4n) is 4.62. The number of hydrogen-bond acceptors (Lipinski definition) is 1. The van der Waals surface area contributed by atoms with Crippen LogP contribution in [0, 0.1) is 0 Å². The second kappa shape index (κ2) is 8.64. The largest absolute Gasteiger partial charge is 0.478 e. The first kappa shape index (κ1) is 23.0. The van der Waals surface area contributed by atoms with Crippen molar-refractivity contribution in [1.29, 1.82) is 0 Å². The molecule has 0 saturated heterocycles. The van der Waals surface area contributed by atoms with E-state index in [-0.39, 0.29) is 5.41 Å². The quantitative estimate of drug-likeness (QED) is 0.315. The van der Waals surface area contributed by atoms with E-state index in [2.05, 4.69) is 94.2 Å². The fourth-order valence-corrected chi connectivity index (χ4v) is 6.26. The molecule has 0 unspecified atom stereocenters. The second-order valence-electron chi connectivity index (χ2n) is 10.6. The number of hydrogen-bond donors (Lipinski definition) is 1. The third-order valence-corrected chi connectivity index (χ3v) is 8.58. The average molecular weight is 453 g/mol. The van der Waals surface area contributed by atoms with Gasteiger partial charge in [-0.25, -0.2) is 4.79 Å². The minimum absolute atomic E-state index is 0.101. The average Bonchev–Trinajstić information content (AvgIpc) is 2.77. The van der Waals surface area contributed by atoms with Crippen LogP contribution in [0.25, 0.3) is 16.8 Å². The van der Waals surface area contributed by atoms with Gasteiger partial charge in [-0.2, -0.15) is 0 Å². The number of rotatable bonds is 5. The SMILES string of the molecule is CC1(C)CC=C(c2ccccc2)c2cc(/C=C(/c3ccc(C(=O)O)cc3)[Si](C)(C)C)ccc21. The Kier molecular flexibility index (Phi) is 6.02. The van der Waals surface area contributed by atoms with E-state index < -0.39 is 14.0 Å². The molecule has 3 heteroatoms. The summed E-state index contributed by atoms with van der Waals surface area (Å²) in [6.07, 6.45) is 5.72. The summed E-state index contributed by atoms with van der Waals surface area (Å²) in [6, 6.07) is 24.8. The summed E-state index contributed by atoms with van der Waals surface area (Å²) in [5, 5.41) is 10.6. The maximum absolute atomic E-state index is 11.3. The smallest absolute Gasteiger partial charge is 0.335 e. The Labute approximate surface area is 198 Å². The molecule has 168 valence electrons. The van der Waals surface area contributed by atoms with Crippen molar-refractivity contribution in [3.63, 3.8) is 0 Å². The van der Waals surface area contributed by atoms with Crippen LogP contribution in [0.2, 0.25) is 19.6 Å². The van der Waals surface area contributed by atoms with Crippen molar-refractivity contribution in [3.8, 4) is 0 Å². The number of benzene rings is 3. The maximum Gasteiger partial charge on any atom is 0.335 e. The Morgan fingerprint density at radius 3 is 2.15 bits per heavy atom. The molecule has 0 bridgehead atoms. The lowest BCUT2D eigenvalue weighted by Crippen LogP contribution is -2.23. The number of allylic oxidation sites excluding steroid dienone is 1. The second-order valence-corrected chi connectivity index (χ2v) is 15.6. The molecule has 1 N–H and O–H groups in total. The van der Waals surface area contributed by atoms with Gasteiger partial charge in [0.2, 0.25) is 0 Å². The molecule has 0 amide bonds.